The minimum absolute atomic E-state index is 0.000969. The molecule has 0 saturated carbocycles. The lowest BCUT2D eigenvalue weighted by Gasteiger charge is -2.31. The van der Waals surface area contributed by atoms with Crippen LogP contribution in [0.3, 0.4) is 0 Å². The SMILES string of the molecule is Cc1nccc(-c2ccc(OCC(C)(CC(C)C)NC(=O)O)c(F)c2F)n1. The van der Waals surface area contributed by atoms with Gasteiger partial charge in [0, 0.05) is 11.8 Å². The molecule has 2 aromatic rings. The summed E-state index contributed by atoms with van der Waals surface area (Å²) in [4.78, 5) is 19.1. The third kappa shape index (κ3) is 5.35. The minimum Gasteiger partial charge on any atom is -0.488 e. The number of rotatable bonds is 7. The van der Waals surface area contributed by atoms with E-state index in [0.717, 1.165) is 0 Å². The Bertz CT molecular complexity index is 830. The highest BCUT2D eigenvalue weighted by atomic mass is 19.2. The lowest BCUT2D eigenvalue weighted by molar-refractivity contribution is 0.140. The Hall–Kier alpha value is -2.77. The van der Waals surface area contributed by atoms with Crippen molar-refractivity contribution in [3.63, 3.8) is 0 Å². The van der Waals surface area contributed by atoms with Gasteiger partial charge in [0.1, 0.15) is 12.4 Å². The molecule has 0 radical (unpaired) electrons. The number of hydrogen-bond acceptors (Lipinski definition) is 4. The third-order valence-corrected chi connectivity index (χ3v) is 3.91. The Labute approximate surface area is 156 Å². The molecule has 1 aromatic carbocycles. The summed E-state index contributed by atoms with van der Waals surface area (Å²) in [7, 11) is 0. The quantitative estimate of drug-likeness (QED) is 0.754. The van der Waals surface area contributed by atoms with Crippen molar-refractivity contribution < 1.29 is 23.4 Å². The molecule has 0 aliphatic carbocycles. The molecular weight excluding hydrogens is 356 g/mol. The van der Waals surface area contributed by atoms with E-state index in [-0.39, 0.29) is 29.5 Å². The number of aromatic nitrogens is 2. The molecular formula is C19H23F2N3O3. The second-order valence-corrected chi connectivity index (χ2v) is 7.11. The van der Waals surface area contributed by atoms with Crippen molar-refractivity contribution in [2.45, 2.75) is 39.7 Å². The molecule has 146 valence electrons. The van der Waals surface area contributed by atoms with Gasteiger partial charge in [0.05, 0.1) is 11.2 Å². The number of benzene rings is 1. The van der Waals surface area contributed by atoms with Crippen LogP contribution >= 0.6 is 0 Å². The predicted octanol–water partition coefficient (Wildman–Crippen LogP) is 4.18. The smallest absolute Gasteiger partial charge is 0.405 e. The van der Waals surface area contributed by atoms with Crippen LogP contribution in [0.1, 0.15) is 33.0 Å². The molecule has 2 rings (SSSR count). The molecule has 2 N–H and O–H groups in total. The molecule has 27 heavy (non-hydrogen) atoms. The number of carboxylic acid groups (broad SMARTS) is 1. The van der Waals surface area contributed by atoms with Crippen molar-refractivity contribution in [2.24, 2.45) is 5.92 Å². The first-order chi connectivity index (χ1) is 12.6. The van der Waals surface area contributed by atoms with E-state index in [1.54, 1.807) is 13.8 Å². The van der Waals surface area contributed by atoms with Crippen molar-refractivity contribution in [1.82, 2.24) is 15.3 Å². The summed E-state index contributed by atoms with van der Waals surface area (Å²) in [6.45, 7) is 7.04. The van der Waals surface area contributed by atoms with E-state index in [9.17, 15) is 13.6 Å². The van der Waals surface area contributed by atoms with Gasteiger partial charge in [-0.05, 0) is 44.4 Å². The fourth-order valence-corrected chi connectivity index (χ4v) is 2.99. The van der Waals surface area contributed by atoms with Crippen LogP contribution in [-0.4, -0.2) is 33.3 Å². The maximum atomic E-state index is 14.5. The molecule has 0 aliphatic heterocycles. The van der Waals surface area contributed by atoms with Gasteiger partial charge in [0.15, 0.2) is 11.6 Å². The summed E-state index contributed by atoms with van der Waals surface area (Å²) >= 11 is 0. The summed E-state index contributed by atoms with van der Waals surface area (Å²) in [6.07, 6.45) is 0.735. The van der Waals surface area contributed by atoms with Crippen molar-refractivity contribution >= 4 is 6.09 Å². The Morgan fingerprint density at radius 3 is 2.59 bits per heavy atom. The second-order valence-electron chi connectivity index (χ2n) is 7.11. The number of ether oxygens (including phenoxy) is 1. The number of amides is 1. The first kappa shape index (κ1) is 20.5. The van der Waals surface area contributed by atoms with Gasteiger partial charge < -0.3 is 15.2 Å². The summed E-state index contributed by atoms with van der Waals surface area (Å²) in [5, 5.41) is 11.4. The molecule has 1 heterocycles. The van der Waals surface area contributed by atoms with Crippen LogP contribution in [-0.2, 0) is 0 Å². The van der Waals surface area contributed by atoms with Crippen molar-refractivity contribution in [3.8, 4) is 17.0 Å². The first-order valence-corrected chi connectivity index (χ1v) is 8.53. The van der Waals surface area contributed by atoms with Gasteiger partial charge in [-0.25, -0.2) is 19.2 Å². The van der Waals surface area contributed by atoms with E-state index < -0.39 is 23.3 Å². The molecule has 6 nitrogen and oxygen atoms in total. The number of halogens is 2. The maximum Gasteiger partial charge on any atom is 0.405 e. The molecule has 8 heteroatoms. The van der Waals surface area contributed by atoms with Crippen LogP contribution in [0.2, 0.25) is 0 Å². The van der Waals surface area contributed by atoms with Gasteiger partial charge >= 0.3 is 6.09 Å². The van der Waals surface area contributed by atoms with Crippen LogP contribution in [0.5, 0.6) is 5.75 Å². The van der Waals surface area contributed by atoms with Crippen molar-refractivity contribution in [3.05, 3.63) is 41.9 Å². The van der Waals surface area contributed by atoms with Gasteiger partial charge in [-0.3, -0.25) is 0 Å². The average molecular weight is 379 g/mol. The van der Waals surface area contributed by atoms with Crippen molar-refractivity contribution in [1.29, 1.82) is 0 Å². The predicted molar refractivity (Wildman–Crippen MR) is 96.6 cm³/mol. The summed E-state index contributed by atoms with van der Waals surface area (Å²) in [5.74, 6) is -1.90. The zero-order valence-electron chi connectivity index (χ0n) is 15.7. The largest absolute Gasteiger partial charge is 0.488 e. The zero-order valence-corrected chi connectivity index (χ0v) is 15.7. The van der Waals surface area contributed by atoms with E-state index in [4.69, 9.17) is 9.84 Å². The van der Waals surface area contributed by atoms with Crippen molar-refractivity contribution in [2.75, 3.05) is 6.61 Å². The monoisotopic (exact) mass is 379 g/mol. The van der Waals surface area contributed by atoms with E-state index in [0.29, 0.717) is 12.2 Å². The summed E-state index contributed by atoms with van der Waals surface area (Å²) in [6, 6.07) is 4.17. The number of nitrogens with one attached hydrogen (secondary N) is 1. The zero-order chi connectivity index (χ0) is 20.2. The van der Waals surface area contributed by atoms with Gasteiger partial charge in [0.2, 0.25) is 5.82 Å². The lowest BCUT2D eigenvalue weighted by atomic mass is 9.91. The number of carbonyl (C=O) groups is 1. The molecule has 0 fully saturated rings. The minimum atomic E-state index is -1.21. The molecule has 1 unspecified atom stereocenters. The Morgan fingerprint density at radius 2 is 2.00 bits per heavy atom. The van der Waals surface area contributed by atoms with Crippen LogP contribution in [0, 0.1) is 24.5 Å². The molecule has 1 atom stereocenters. The fourth-order valence-electron chi connectivity index (χ4n) is 2.99. The number of nitrogens with zero attached hydrogens (tertiary/aromatic N) is 2. The topological polar surface area (TPSA) is 84.3 Å². The van der Waals surface area contributed by atoms with Gasteiger partial charge in [-0.2, -0.15) is 4.39 Å². The Balaban J connectivity index is 2.24. The van der Waals surface area contributed by atoms with Crippen LogP contribution in [0.4, 0.5) is 13.6 Å². The Morgan fingerprint density at radius 1 is 1.30 bits per heavy atom. The van der Waals surface area contributed by atoms with Gasteiger partial charge in [-0.1, -0.05) is 13.8 Å². The second kappa shape index (κ2) is 8.28. The fraction of sp³-hybridized carbons (Fsp3) is 0.421. The average Bonchev–Trinajstić information content (AvgIpc) is 2.54. The highest BCUT2D eigenvalue weighted by Crippen LogP contribution is 2.29. The summed E-state index contributed by atoms with van der Waals surface area (Å²) < 4.78 is 34.4. The van der Waals surface area contributed by atoms with E-state index >= 15 is 0 Å². The number of hydrogen-bond donors (Lipinski definition) is 2. The molecule has 0 aliphatic rings. The standard InChI is InChI=1S/C19H23F2N3O3/c1-11(2)9-19(4,24-18(25)26)10-27-15-6-5-13(16(20)17(15)21)14-7-8-22-12(3)23-14/h5-8,11,24H,9-10H2,1-4H3,(H,25,26). The van der Waals surface area contributed by atoms with Crippen LogP contribution < -0.4 is 10.1 Å². The highest BCUT2D eigenvalue weighted by molar-refractivity contribution is 5.65. The third-order valence-electron chi connectivity index (χ3n) is 3.91. The van der Waals surface area contributed by atoms with Gasteiger partial charge in [-0.15, -0.1) is 0 Å². The maximum absolute atomic E-state index is 14.5. The summed E-state index contributed by atoms with van der Waals surface area (Å²) in [5.41, 5.74) is -0.674. The number of aryl methyl sites for hydroxylation is 1. The first-order valence-electron chi connectivity index (χ1n) is 8.53. The normalized spacial score (nSPS) is 13.3. The van der Waals surface area contributed by atoms with Crippen LogP contribution in [0.15, 0.2) is 24.4 Å². The highest BCUT2D eigenvalue weighted by Gasteiger charge is 2.29. The lowest BCUT2D eigenvalue weighted by Crippen LogP contribution is -2.50. The molecule has 0 spiro atoms. The van der Waals surface area contributed by atoms with Gasteiger partial charge in [0.25, 0.3) is 0 Å². The molecule has 0 bridgehead atoms. The van der Waals surface area contributed by atoms with Crippen LogP contribution in [0.25, 0.3) is 11.3 Å². The Kier molecular flexibility index (Phi) is 6.30. The van der Waals surface area contributed by atoms with E-state index in [2.05, 4.69) is 15.3 Å². The molecule has 0 saturated heterocycles. The molecule has 1 amide bonds. The molecule has 1 aromatic heterocycles. The van der Waals surface area contributed by atoms with E-state index in [1.807, 2.05) is 13.8 Å². The van der Waals surface area contributed by atoms with E-state index in [1.165, 1.54) is 24.4 Å².